The smallest absolute Gasteiger partial charge is 0.283 e. The van der Waals surface area contributed by atoms with Gasteiger partial charge in [0.1, 0.15) is 29.8 Å². The molecule has 0 unspecified atom stereocenters. The number of benzene rings is 1. The first-order chi connectivity index (χ1) is 18.9. The molecule has 6 rings (SSSR count). The van der Waals surface area contributed by atoms with Crippen molar-refractivity contribution in [3.63, 3.8) is 0 Å². The number of nitrogens with one attached hydrogen (secondary N) is 1. The zero-order valence-electron chi connectivity index (χ0n) is 22.1. The lowest BCUT2D eigenvalue weighted by Crippen LogP contribution is -2.22. The highest BCUT2D eigenvalue weighted by Crippen LogP contribution is 2.41. The molecule has 0 bridgehead atoms. The Morgan fingerprint density at radius 1 is 1.15 bits per heavy atom. The SMILES string of the molecule is COCCN(C)Cc1cc2ncn(-c3cc(-c4ccc(F)cc4-c4nncn4C)cc(C4CC4)n3)c(=O)c2[nH]1. The maximum absolute atomic E-state index is 14.4. The summed E-state index contributed by atoms with van der Waals surface area (Å²) >= 11 is 0. The third kappa shape index (κ3) is 4.98. The highest BCUT2D eigenvalue weighted by molar-refractivity contribution is 5.82. The molecule has 1 fully saturated rings. The van der Waals surface area contributed by atoms with Gasteiger partial charge >= 0.3 is 0 Å². The number of H-pyrrole nitrogens is 1. The number of ether oxygens (including phenoxy) is 1. The Morgan fingerprint density at radius 2 is 2.00 bits per heavy atom. The molecule has 200 valence electrons. The monoisotopic (exact) mass is 528 g/mol. The molecule has 11 heteroatoms. The Hall–Kier alpha value is -4.22. The van der Waals surface area contributed by atoms with Crippen LogP contribution in [-0.4, -0.2) is 66.5 Å². The lowest BCUT2D eigenvalue weighted by molar-refractivity contribution is 0.158. The first-order valence-electron chi connectivity index (χ1n) is 12.8. The van der Waals surface area contributed by atoms with Gasteiger partial charge in [-0.2, -0.15) is 0 Å². The topological polar surface area (TPSA) is 107 Å². The van der Waals surface area contributed by atoms with Gasteiger partial charge in [-0.3, -0.25) is 9.69 Å². The Balaban J connectivity index is 1.44. The van der Waals surface area contributed by atoms with Crippen LogP contribution in [0.4, 0.5) is 4.39 Å². The van der Waals surface area contributed by atoms with Crippen molar-refractivity contribution in [2.75, 3.05) is 27.3 Å². The number of aromatic nitrogens is 7. The van der Waals surface area contributed by atoms with Gasteiger partial charge < -0.3 is 14.3 Å². The molecule has 0 aliphatic heterocycles. The van der Waals surface area contributed by atoms with Gasteiger partial charge in [0.15, 0.2) is 5.82 Å². The van der Waals surface area contributed by atoms with Crippen LogP contribution in [0.15, 0.2) is 53.8 Å². The quantitative estimate of drug-likeness (QED) is 0.311. The van der Waals surface area contributed by atoms with Gasteiger partial charge in [0, 0.05) is 50.1 Å². The van der Waals surface area contributed by atoms with Crippen LogP contribution < -0.4 is 5.56 Å². The summed E-state index contributed by atoms with van der Waals surface area (Å²) in [5.74, 6) is 0.977. The third-order valence-corrected chi connectivity index (χ3v) is 7.03. The fourth-order valence-corrected chi connectivity index (χ4v) is 4.81. The molecule has 0 radical (unpaired) electrons. The Morgan fingerprint density at radius 3 is 2.74 bits per heavy atom. The Kier molecular flexibility index (Phi) is 6.53. The molecule has 0 spiro atoms. The second-order valence-corrected chi connectivity index (χ2v) is 10.1. The van der Waals surface area contributed by atoms with Crippen molar-refractivity contribution in [1.29, 1.82) is 0 Å². The Bertz CT molecular complexity index is 1720. The fourth-order valence-electron chi connectivity index (χ4n) is 4.81. The normalized spacial score (nSPS) is 13.6. The van der Waals surface area contributed by atoms with Gasteiger partial charge in [0.2, 0.25) is 0 Å². The number of aromatic amines is 1. The summed E-state index contributed by atoms with van der Waals surface area (Å²) < 4.78 is 22.7. The largest absolute Gasteiger partial charge is 0.383 e. The number of halogens is 1. The molecule has 5 aromatic rings. The molecule has 0 amide bonds. The van der Waals surface area contributed by atoms with Crippen molar-refractivity contribution in [1.82, 2.24) is 39.2 Å². The van der Waals surface area contributed by atoms with Gasteiger partial charge in [-0.05, 0) is 61.3 Å². The summed E-state index contributed by atoms with van der Waals surface area (Å²) in [6, 6.07) is 10.4. The molecule has 0 saturated heterocycles. The lowest BCUT2D eigenvalue weighted by Gasteiger charge is -2.14. The molecule has 4 aromatic heterocycles. The number of methoxy groups -OCH3 is 1. The van der Waals surface area contributed by atoms with Crippen molar-refractivity contribution in [3.05, 3.63) is 76.6 Å². The van der Waals surface area contributed by atoms with Crippen LogP contribution in [0.3, 0.4) is 0 Å². The van der Waals surface area contributed by atoms with E-state index in [1.54, 1.807) is 24.1 Å². The minimum atomic E-state index is -0.366. The molecule has 0 atom stereocenters. The Labute approximate surface area is 224 Å². The van der Waals surface area contributed by atoms with E-state index in [4.69, 9.17) is 9.72 Å². The first-order valence-corrected chi connectivity index (χ1v) is 12.8. The average Bonchev–Trinajstić information content (AvgIpc) is 3.56. The van der Waals surface area contributed by atoms with Crippen LogP contribution in [0.2, 0.25) is 0 Å². The minimum Gasteiger partial charge on any atom is -0.383 e. The van der Waals surface area contributed by atoms with E-state index < -0.39 is 0 Å². The van der Waals surface area contributed by atoms with E-state index in [0.29, 0.717) is 47.3 Å². The lowest BCUT2D eigenvalue weighted by atomic mass is 9.98. The molecular formula is C28H29FN8O2. The van der Waals surface area contributed by atoms with Crippen molar-refractivity contribution >= 4 is 11.0 Å². The van der Waals surface area contributed by atoms with Crippen LogP contribution in [0.1, 0.15) is 30.1 Å². The zero-order valence-corrected chi connectivity index (χ0v) is 22.1. The van der Waals surface area contributed by atoms with Gasteiger partial charge in [-0.15, -0.1) is 10.2 Å². The second-order valence-electron chi connectivity index (χ2n) is 10.1. The van der Waals surface area contributed by atoms with Crippen LogP contribution in [0.5, 0.6) is 0 Å². The number of rotatable bonds is 9. The predicted octanol–water partition coefficient (Wildman–Crippen LogP) is 3.67. The molecule has 10 nitrogen and oxygen atoms in total. The molecular weight excluding hydrogens is 499 g/mol. The maximum atomic E-state index is 14.4. The number of hydrogen-bond acceptors (Lipinski definition) is 7. The average molecular weight is 529 g/mol. The van der Waals surface area contributed by atoms with Crippen molar-refractivity contribution in [2.45, 2.75) is 25.3 Å². The van der Waals surface area contributed by atoms with Crippen molar-refractivity contribution < 1.29 is 9.13 Å². The van der Waals surface area contributed by atoms with E-state index >= 15 is 0 Å². The van der Waals surface area contributed by atoms with E-state index in [1.165, 1.54) is 23.0 Å². The van der Waals surface area contributed by atoms with E-state index in [0.717, 1.165) is 41.9 Å². The van der Waals surface area contributed by atoms with Crippen LogP contribution in [0, 0.1) is 5.82 Å². The predicted molar refractivity (Wildman–Crippen MR) is 145 cm³/mol. The third-order valence-electron chi connectivity index (χ3n) is 7.03. The summed E-state index contributed by atoms with van der Waals surface area (Å²) in [7, 11) is 5.49. The maximum Gasteiger partial charge on any atom is 0.283 e. The molecule has 1 N–H and O–H groups in total. The molecule has 4 heterocycles. The summed E-state index contributed by atoms with van der Waals surface area (Å²) in [5.41, 5.74) is 4.80. The summed E-state index contributed by atoms with van der Waals surface area (Å²) in [5, 5.41) is 8.17. The standard InChI is InChI=1S/C28H29FN8O2/c1-35(8-9-39-3)14-20-13-24-26(32-20)28(38)37(15-30-24)25-11-18(10-23(33-25)17-4-5-17)21-7-6-19(29)12-22(21)27-34-31-16-36(27)2/h6-7,10-13,15-17,32H,4-5,8-9,14H2,1-3H3. The summed E-state index contributed by atoms with van der Waals surface area (Å²) in [4.78, 5) is 28.4. The van der Waals surface area contributed by atoms with Crippen molar-refractivity contribution in [2.24, 2.45) is 7.05 Å². The molecule has 1 aliphatic carbocycles. The van der Waals surface area contributed by atoms with E-state index in [-0.39, 0.29) is 11.4 Å². The molecule has 1 saturated carbocycles. The van der Waals surface area contributed by atoms with Crippen LogP contribution in [0.25, 0.3) is 39.4 Å². The van der Waals surface area contributed by atoms with Crippen LogP contribution in [-0.2, 0) is 18.3 Å². The van der Waals surface area contributed by atoms with Gasteiger partial charge in [0.25, 0.3) is 5.56 Å². The number of hydrogen-bond donors (Lipinski definition) is 1. The van der Waals surface area contributed by atoms with E-state index in [2.05, 4.69) is 25.1 Å². The number of fused-ring (bicyclic) bond motifs is 1. The molecule has 39 heavy (non-hydrogen) atoms. The molecule has 1 aromatic carbocycles. The number of pyridine rings is 1. The second kappa shape index (κ2) is 10.2. The highest BCUT2D eigenvalue weighted by atomic mass is 19.1. The zero-order chi connectivity index (χ0) is 27.1. The van der Waals surface area contributed by atoms with Gasteiger partial charge in [-0.25, -0.2) is 18.9 Å². The fraction of sp³-hybridized carbons (Fsp3) is 0.321. The van der Waals surface area contributed by atoms with E-state index in [9.17, 15) is 9.18 Å². The highest BCUT2D eigenvalue weighted by Gasteiger charge is 2.27. The van der Waals surface area contributed by atoms with Gasteiger partial charge in [0.05, 0.1) is 12.1 Å². The number of likely N-dealkylation sites (N-methyl/N-ethyl adjacent to an activating group) is 1. The van der Waals surface area contributed by atoms with E-state index in [1.807, 2.05) is 32.3 Å². The summed E-state index contributed by atoms with van der Waals surface area (Å²) in [6.07, 6.45) is 5.18. The van der Waals surface area contributed by atoms with Crippen LogP contribution >= 0.6 is 0 Å². The van der Waals surface area contributed by atoms with Crippen molar-refractivity contribution in [3.8, 4) is 28.3 Å². The molecule has 1 aliphatic rings. The van der Waals surface area contributed by atoms with Gasteiger partial charge in [-0.1, -0.05) is 6.07 Å². The summed E-state index contributed by atoms with van der Waals surface area (Å²) in [6.45, 7) is 2.03. The number of aryl methyl sites for hydroxylation is 1. The minimum absolute atomic E-state index is 0.232. The number of nitrogens with zero attached hydrogens (tertiary/aromatic N) is 7. The first kappa shape index (κ1) is 25.1.